The lowest BCUT2D eigenvalue weighted by atomic mass is 9.61. The maximum Gasteiger partial charge on any atom is 0.316 e. The number of hydrogen-bond acceptors (Lipinski definition) is 15. The summed E-state index contributed by atoms with van der Waals surface area (Å²) in [5.41, 5.74) is -1.28. The van der Waals surface area contributed by atoms with E-state index in [0.717, 1.165) is 48.7 Å². The van der Waals surface area contributed by atoms with Gasteiger partial charge in [-0.2, -0.15) is 0 Å². The highest BCUT2D eigenvalue weighted by Gasteiger charge is 2.66. The number of ketones is 1. The molecule has 16 heteroatoms. The molecule has 45 heavy (non-hydrogen) atoms. The van der Waals surface area contributed by atoms with E-state index in [9.17, 15) is 43.7 Å². The van der Waals surface area contributed by atoms with Crippen LogP contribution in [0.15, 0.2) is 11.1 Å². The number of allylic oxidation sites excluding steroid dienone is 1. The molecule has 1 aliphatic rings. The number of carbonyl (C=O) groups is 7. The highest BCUT2D eigenvalue weighted by atomic mass is 16.6. The zero-order chi connectivity index (χ0) is 34.8. The van der Waals surface area contributed by atoms with Crippen molar-refractivity contribution in [2.24, 2.45) is 11.8 Å². The van der Waals surface area contributed by atoms with Crippen LogP contribution >= 0.6 is 0 Å². The van der Waals surface area contributed by atoms with Crippen LogP contribution in [-0.2, 0) is 62.0 Å². The average molecular weight is 644 g/mol. The minimum absolute atomic E-state index is 0.219. The number of ether oxygens (including phenoxy) is 6. The van der Waals surface area contributed by atoms with Crippen molar-refractivity contribution in [1.29, 1.82) is 0 Å². The van der Waals surface area contributed by atoms with E-state index in [4.69, 9.17) is 28.4 Å². The van der Waals surface area contributed by atoms with Crippen molar-refractivity contribution in [1.82, 2.24) is 0 Å². The highest BCUT2D eigenvalue weighted by molar-refractivity contribution is 5.84. The molecule has 252 valence electrons. The van der Waals surface area contributed by atoms with Gasteiger partial charge in [-0.3, -0.25) is 43.7 Å². The molecule has 0 aliphatic heterocycles. The van der Waals surface area contributed by atoms with Gasteiger partial charge in [-0.05, 0) is 27.2 Å². The molecule has 7 atom stereocenters. The van der Waals surface area contributed by atoms with E-state index in [1.54, 1.807) is 13.8 Å². The summed E-state index contributed by atoms with van der Waals surface area (Å²) >= 11 is 0. The zero-order valence-electron chi connectivity index (χ0n) is 26.9. The zero-order valence-corrected chi connectivity index (χ0v) is 26.9. The summed E-state index contributed by atoms with van der Waals surface area (Å²) < 4.78 is 31.8. The number of esters is 6. The molecule has 1 rings (SSSR count). The Balaban J connectivity index is 4.25. The number of rotatable bonds is 15. The second-order valence-corrected chi connectivity index (χ2v) is 11.0. The van der Waals surface area contributed by atoms with Crippen LogP contribution in [0.4, 0.5) is 0 Å². The Morgan fingerprint density at radius 1 is 0.800 bits per heavy atom. The van der Waals surface area contributed by atoms with Crippen LogP contribution in [0.5, 0.6) is 0 Å². The lowest BCUT2D eigenvalue weighted by Crippen LogP contribution is -2.64. The molecule has 0 aromatic rings. The van der Waals surface area contributed by atoms with Crippen molar-refractivity contribution in [3.05, 3.63) is 21.3 Å². The van der Waals surface area contributed by atoms with Gasteiger partial charge in [-0.15, -0.1) is 0 Å². The fraction of sp³-hybridized carbons (Fsp3) is 0.690. The highest BCUT2D eigenvalue weighted by Crippen LogP contribution is 2.49. The van der Waals surface area contributed by atoms with E-state index in [1.165, 1.54) is 0 Å². The summed E-state index contributed by atoms with van der Waals surface area (Å²) in [4.78, 5) is 99.2. The van der Waals surface area contributed by atoms with E-state index < -0.39 is 108 Å². The van der Waals surface area contributed by atoms with Gasteiger partial charge in [-0.25, -0.2) is 0 Å². The molecular weight excluding hydrogens is 602 g/mol. The predicted molar refractivity (Wildman–Crippen MR) is 150 cm³/mol. The number of nitrogens with zero attached hydrogens (tertiary/aromatic N) is 1. The molecule has 0 bridgehead atoms. The molecule has 0 heterocycles. The summed E-state index contributed by atoms with van der Waals surface area (Å²) in [5.74, 6) is -9.71. The van der Waals surface area contributed by atoms with Crippen molar-refractivity contribution < 1.29 is 66.9 Å². The summed E-state index contributed by atoms with van der Waals surface area (Å²) in [6.07, 6.45) is -8.58. The van der Waals surface area contributed by atoms with Crippen LogP contribution in [0.3, 0.4) is 0 Å². The Hall–Kier alpha value is -4.37. The smallest absolute Gasteiger partial charge is 0.316 e. The molecule has 0 aromatic heterocycles. The molecule has 0 radical (unpaired) electrons. The Labute approximate surface area is 260 Å². The molecular formula is C29H41NO15. The fourth-order valence-corrected chi connectivity index (χ4v) is 5.63. The second-order valence-electron chi connectivity index (χ2n) is 11.0. The third kappa shape index (κ3) is 10.4. The Morgan fingerprint density at radius 3 is 1.73 bits per heavy atom. The molecule has 0 saturated heterocycles. The lowest BCUT2D eigenvalue weighted by molar-refractivity contribution is -0.593. The molecule has 0 unspecified atom stereocenters. The van der Waals surface area contributed by atoms with Crippen LogP contribution in [0.25, 0.3) is 0 Å². The first-order chi connectivity index (χ1) is 20.8. The van der Waals surface area contributed by atoms with Gasteiger partial charge in [0.2, 0.25) is 5.54 Å². The maximum absolute atomic E-state index is 13.2. The first kappa shape index (κ1) is 38.7. The van der Waals surface area contributed by atoms with Crippen molar-refractivity contribution in [3.63, 3.8) is 0 Å². The second kappa shape index (κ2) is 16.6. The van der Waals surface area contributed by atoms with Gasteiger partial charge in [0.1, 0.15) is 18.3 Å². The Morgan fingerprint density at radius 2 is 1.31 bits per heavy atom. The first-order valence-electron chi connectivity index (χ1n) is 14.0. The number of carbonyl (C=O) groups excluding carboxylic acids is 7. The topological polar surface area (TPSA) is 218 Å². The summed E-state index contributed by atoms with van der Waals surface area (Å²) in [5, 5.41) is 13.2. The van der Waals surface area contributed by atoms with Gasteiger partial charge in [-0.1, -0.05) is 11.1 Å². The predicted octanol–water partition coefficient (Wildman–Crippen LogP) is 1.81. The maximum atomic E-state index is 13.2. The van der Waals surface area contributed by atoms with Gasteiger partial charge < -0.3 is 28.4 Å². The van der Waals surface area contributed by atoms with Crippen molar-refractivity contribution >= 4 is 41.6 Å². The first-order valence-corrected chi connectivity index (χ1v) is 14.0. The minimum Gasteiger partial charge on any atom is -0.469 e. The van der Waals surface area contributed by atoms with Crippen molar-refractivity contribution in [2.45, 2.75) is 105 Å². The minimum atomic E-state index is -2.39. The van der Waals surface area contributed by atoms with Gasteiger partial charge in [0, 0.05) is 52.4 Å². The Bertz CT molecular complexity index is 1220. The standard InChI is InChI=1S/C29H41NO15/c1-14-10-22(29(30(38)39,12-15(14)2)23(11-16(3)31)28(37)40-9)25(43-19(6)34)27(45-21(8)36)26(44-20(7)35)24(42-18(5)33)13-41-17(4)32/h22-27H,10-13H2,1-9H3/t22-,23+,24-,25+,26+,27-,29-/m1/s1. The van der Waals surface area contributed by atoms with Crippen LogP contribution in [-0.4, -0.2) is 90.2 Å². The molecule has 16 nitrogen and oxygen atoms in total. The largest absolute Gasteiger partial charge is 0.469 e. The fourth-order valence-electron chi connectivity index (χ4n) is 5.63. The molecule has 0 fully saturated rings. The summed E-state index contributed by atoms with van der Waals surface area (Å²) in [6.45, 7) is 8.60. The van der Waals surface area contributed by atoms with Gasteiger partial charge in [0.25, 0.3) is 0 Å². The average Bonchev–Trinajstić information content (AvgIpc) is 2.90. The number of nitro groups is 1. The summed E-state index contributed by atoms with van der Waals surface area (Å²) in [7, 11) is 0.996. The normalized spacial score (nSPS) is 21.1. The molecule has 0 N–H and O–H groups in total. The summed E-state index contributed by atoms with van der Waals surface area (Å²) in [6, 6.07) is 0. The number of Topliss-reactive ketones (excluding diaryl/α,β-unsaturated/α-hetero) is 1. The molecule has 0 saturated carbocycles. The van der Waals surface area contributed by atoms with E-state index in [-0.39, 0.29) is 6.42 Å². The van der Waals surface area contributed by atoms with Crippen LogP contribution in [0.1, 0.15) is 74.7 Å². The van der Waals surface area contributed by atoms with Gasteiger partial charge >= 0.3 is 35.8 Å². The van der Waals surface area contributed by atoms with Crippen LogP contribution in [0.2, 0.25) is 0 Å². The number of methoxy groups -OCH3 is 1. The van der Waals surface area contributed by atoms with E-state index in [0.29, 0.717) is 11.1 Å². The molecule has 1 aliphatic carbocycles. The third-order valence-corrected chi connectivity index (χ3v) is 7.45. The van der Waals surface area contributed by atoms with Crippen molar-refractivity contribution in [2.75, 3.05) is 13.7 Å². The SMILES string of the molecule is COC(=O)[C@H](CC(C)=O)[C@@]1([N+](=O)[O-])CC(C)=C(C)C[C@@H]1[C@H](OC(C)=O)[C@@H](OC(C)=O)[C@@H](OC(C)=O)[C@@H](COC(C)=O)OC(C)=O. The van der Waals surface area contributed by atoms with Crippen molar-refractivity contribution in [3.8, 4) is 0 Å². The van der Waals surface area contributed by atoms with Crippen LogP contribution < -0.4 is 0 Å². The van der Waals surface area contributed by atoms with E-state index in [2.05, 4.69) is 0 Å². The Kier molecular flexibility index (Phi) is 14.3. The van der Waals surface area contributed by atoms with Gasteiger partial charge in [0.05, 0.1) is 13.0 Å². The third-order valence-electron chi connectivity index (χ3n) is 7.45. The monoisotopic (exact) mass is 643 g/mol. The van der Waals surface area contributed by atoms with E-state index >= 15 is 0 Å². The van der Waals surface area contributed by atoms with Crippen LogP contribution in [0, 0.1) is 22.0 Å². The number of hydrogen-bond donors (Lipinski definition) is 0. The molecule has 0 amide bonds. The van der Waals surface area contributed by atoms with E-state index in [1.807, 2.05) is 0 Å². The molecule has 0 spiro atoms. The molecule has 0 aromatic carbocycles. The quantitative estimate of drug-likeness (QED) is 0.0817. The van der Waals surface area contributed by atoms with Gasteiger partial charge in [0.15, 0.2) is 24.4 Å². The lowest BCUT2D eigenvalue weighted by Gasteiger charge is -2.46.